The van der Waals surface area contributed by atoms with Crippen molar-refractivity contribution in [3.8, 4) is 0 Å². The molecule has 0 saturated carbocycles. The first-order valence-corrected chi connectivity index (χ1v) is 8.27. The largest absolute Gasteiger partial charge is 0.295 e. The fraction of sp³-hybridized carbons (Fsp3) is 0.294. The van der Waals surface area contributed by atoms with Crippen molar-refractivity contribution in [2.75, 3.05) is 0 Å². The fourth-order valence-corrected chi connectivity index (χ4v) is 3.85. The summed E-state index contributed by atoms with van der Waals surface area (Å²) in [6.07, 6.45) is 0.495. The molecule has 2 rings (SSSR count). The molecule has 0 unspecified atom stereocenters. The van der Waals surface area contributed by atoms with Crippen LogP contribution in [0.5, 0.6) is 0 Å². The average molecular weight is 304 g/mol. The lowest BCUT2D eigenvalue weighted by Gasteiger charge is -2.14. The van der Waals surface area contributed by atoms with Crippen LogP contribution in [0.2, 0.25) is 0 Å². The third kappa shape index (κ3) is 3.34. The molecule has 0 radical (unpaired) electrons. The maximum absolute atomic E-state index is 11.6. The molecule has 0 bridgehead atoms. The minimum Gasteiger partial charge on any atom is -0.282 e. The van der Waals surface area contributed by atoms with Gasteiger partial charge in [-0.05, 0) is 61.9 Å². The summed E-state index contributed by atoms with van der Waals surface area (Å²) in [6.45, 7) is 7.79. The molecule has 4 heteroatoms. The molecule has 1 N–H and O–H groups in total. The van der Waals surface area contributed by atoms with Crippen molar-refractivity contribution in [2.45, 2.75) is 39.0 Å². The summed E-state index contributed by atoms with van der Waals surface area (Å²) in [5.74, 6) is 0. The van der Waals surface area contributed by atoms with Gasteiger partial charge in [0.1, 0.15) is 4.90 Å². The van der Waals surface area contributed by atoms with Gasteiger partial charge in [0.25, 0.3) is 10.1 Å². The molecule has 0 atom stereocenters. The lowest BCUT2D eigenvalue weighted by Crippen LogP contribution is -2.07. The Morgan fingerprint density at radius 2 is 1.52 bits per heavy atom. The third-order valence-corrected chi connectivity index (χ3v) is 4.86. The van der Waals surface area contributed by atoms with Crippen LogP contribution in [0, 0.1) is 27.7 Å². The Hall–Kier alpha value is -1.65. The molecule has 112 valence electrons. The maximum atomic E-state index is 11.6. The summed E-state index contributed by atoms with van der Waals surface area (Å²) in [4.78, 5) is 0.0318. The molecule has 0 spiro atoms. The van der Waals surface area contributed by atoms with E-state index in [0.717, 1.165) is 16.7 Å². The highest BCUT2D eigenvalue weighted by Gasteiger charge is 2.19. The Morgan fingerprint density at radius 1 is 0.952 bits per heavy atom. The molecule has 0 aliphatic carbocycles. The van der Waals surface area contributed by atoms with Gasteiger partial charge in [-0.2, -0.15) is 8.42 Å². The van der Waals surface area contributed by atoms with Crippen LogP contribution in [-0.4, -0.2) is 13.0 Å². The van der Waals surface area contributed by atoms with E-state index in [-0.39, 0.29) is 4.90 Å². The van der Waals surface area contributed by atoms with Crippen molar-refractivity contribution in [1.29, 1.82) is 0 Å². The van der Waals surface area contributed by atoms with Gasteiger partial charge in [-0.3, -0.25) is 4.55 Å². The fourth-order valence-electron chi connectivity index (χ4n) is 2.90. The number of rotatable bonds is 3. The van der Waals surface area contributed by atoms with E-state index in [0.29, 0.717) is 17.5 Å². The number of aryl methyl sites for hydroxylation is 4. The van der Waals surface area contributed by atoms with E-state index in [1.54, 1.807) is 19.1 Å². The molecule has 0 fully saturated rings. The van der Waals surface area contributed by atoms with Gasteiger partial charge in [-0.15, -0.1) is 0 Å². The monoisotopic (exact) mass is 304 g/mol. The quantitative estimate of drug-likeness (QED) is 0.878. The second-order valence-corrected chi connectivity index (χ2v) is 6.95. The zero-order valence-electron chi connectivity index (χ0n) is 12.8. The highest BCUT2D eigenvalue weighted by Crippen LogP contribution is 2.26. The van der Waals surface area contributed by atoms with Crippen molar-refractivity contribution in [1.82, 2.24) is 0 Å². The summed E-state index contributed by atoms with van der Waals surface area (Å²) in [6, 6.07) is 9.45. The summed E-state index contributed by atoms with van der Waals surface area (Å²) in [5.41, 5.74) is 5.76. The van der Waals surface area contributed by atoms with Gasteiger partial charge in [-0.1, -0.05) is 35.9 Å². The van der Waals surface area contributed by atoms with Crippen molar-refractivity contribution >= 4 is 10.1 Å². The van der Waals surface area contributed by atoms with Crippen LogP contribution in [-0.2, 0) is 16.5 Å². The van der Waals surface area contributed by atoms with Crippen LogP contribution < -0.4 is 0 Å². The van der Waals surface area contributed by atoms with E-state index in [2.05, 4.69) is 12.1 Å². The van der Waals surface area contributed by atoms with Gasteiger partial charge in [-0.25, -0.2) is 0 Å². The van der Waals surface area contributed by atoms with Crippen molar-refractivity contribution in [3.63, 3.8) is 0 Å². The predicted molar refractivity (Wildman–Crippen MR) is 84.5 cm³/mol. The summed E-state index contributed by atoms with van der Waals surface area (Å²) in [7, 11) is -4.22. The standard InChI is InChI=1S/C17H20O3S/c1-11-8-13(3)16(14(4)9-11)10-15-7-5-6-12(2)17(15)21(18,19)20/h5-9H,10H2,1-4H3,(H,18,19,20). The zero-order chi connectivity index (χ0) is 15.8. The van der Waals surface area contributed by atoms with Crippen LogP contribution in [0.15, 0.2) is 35.2 Å². The summed E-state index contributed by atoms with van der Waals surface area (Å²) < 4.78 is 32.8. The van der Waals surface area contributed by atoms with Crippen LogP contribution in [0.4, 0.5) is 0 Å². The van der Waals surface area contributed by atoms with E-state index < -0.39 is 10.1 Å². The molecule has 0 aliphatic heterocycles. The van der Waals surface area contributed by atoms with Gasteiger partial charge in [0.05, 0.1) is 0 Å². The van der Waals surface area contributed by atoms with Gasteiger partial charge in [0, 0.05) is 0 Å². The Bertz CT molecular complexity index is 767. The van der Waals surface area contributed by atoms with Gasteiger partial charge in [0.2, 0.25) is 0 Å². The minimum atomic E-state index is -4.22. The SMILES string of the molecule is Cc1cc(C)c(Cc2cccc(C)c2S(=O)(=O)O)c(C)c1. The molecule has 0 amide bonds. The highest BCUT2D eigenvalue weighted by atomic mass is 32.2. The number of hydrogen-bond acceptors (Lipinski definition) is 2. The Labute approximate surface area is 126 Å². The van der Waals surface area contributed by atoms with E-state index >= 15 is 0 Å². The molecule has 0 heterocycles. The third-order valence-electron chi connectivity index (χ3n) is 3.76. The number of benzene rings is 2. The summed E-state index contributed by atoms with van der Waals surface area (Å²) in [5, 5.41) is 0. The van der Waals surface area contributed by atoms with Crippen LogP contribution in [0.25, 0.3) is 0 Å². The van der Waals surface area contributed by atoms with Crippen molar-refractivity contribution in [2.24, 2.45) is 0 Å². The predicted octanol–water partition coefficient (Wildman–Crippen LogP) is 3.76. The second-order valence-electron chi connectivity index (χ2n) is 5.59. The zero-order valence-corrected chi connectivity index (χ0v) is 13.6. The van der Waals surface area contributed by atoms with E-state index in [4.69, 9.17) is 0 Å². The van der Waals surface area contributed by atoms with Crippen LogP contribution in [0.3, 0.4) is 0 Å². The minimum absolute atomic E-state index is 0.0318. The summed E-state index contributed by atoms with van der Waals surface area (Å²) >= 11 is 0. The molecule has 21 heavy (non-hydrogen) atoms. The van der Waals surface area contributed by atoms with Gasteiger partial charge < -0.3 is 0 Å². The van der Waals surface area contributed by atoms with E-state index in [1.807, 2.05) is 26.8 Å². The van der Waals surface area contributed by atoms with E-state index in [9.17, 15) is 13.0 Å². The maximum Gasteiger partial charge on any atom is 0.295 e. The molecule has 3 nitrogen and oxygen atoms in total. The Balaban J connectivity index is 2.59. The smallest absolute Gasteiger partial charge is 0.282 e. The molecule has 0 saturated heterocycles. The Kier molecular flexibility index (Phi) is 4.21. The first-order valence-electron chi connectivity index (χ1n) is 6.83. The average Bonchev–Trinajstić information content (AvgIpc) is 2.32. The first kappa shape index (κ1) is 15.7. The van der Waals surface area contributed by atoms with Crippen molar-refractivity contribution < 1.29 is 13.0 Å². The molecular formula is C17H20O3S. The van der Waals surface area contributed by atoms with Gasteiger partial charge in [0.15, 0.2) is 0 Å². The number of hydrogen-bond donors (Lipinski definition) is 1. The lowest BCUT2D eigenvalue weighted by molar-refractivity contribution is 0.481. The normalized spacial score (nSPS) is 11.7. The Morgan fingerprint density at radius 3 is 2.05 bits per heavy atom. The molecular weight excluding hydrogens is 284 g/mol. The van der Waals surface area contributed by atoms with Crippen LogP contribution >= 0.6 is 0 Å². The highest BCUT2D eigenvalue weighted by molar-refractivity contribution is 7.86. The molecule has 0 aliphatic rings. The topological polar surface area (TPSA) is 54.4 Å². The van der Waals surface area contributed by atoms with Gasteiger partial charge >= 0.3 is 0 Å². The first-order chi connectivity index (χ1) is 9.70. The van der Waals surface area contributed by atoms with E-state index in [1.165, 1.54) is 5.56 Å². The molecule has 2 aromatic rings. The lowest BCUT2D eigenvalue weighted by atomic mass is 9.94. The van der Waals surface area contributed by atoms with Crippen molar-refractivity contribution in [3.05, 3.63) is 63.7 Å². The van der Waals surface area contributed by atoms with Crippen LogP contribution in [0.1, 0.15) is 33.4 Å². The molecule has 2 aromatic carbocycles. The second kappa shape index (κ2) is 5.62. The molecule has 0 aromatic heterocycles.